The molecule has 0 aliphatic carbocycles. The first-order valence-electron chi connectivity index (χ1n) is 7.71. The van der Waals surface area contributed by atoms with Gasteiger partial charge >= 0.3 is 0 Å². The van der Waals surface area contributed by atoms with E-state index < -0.39 is 9.84 Å². The molecule has 122 valence electrons. The van der Waals surface area contributed by atoms with Crippen molar-refractivity contribution in [3.05, 3.63) is 60.2 Å². The van der Waals surface area contributed by atoms with Crippen molar-refractivity contribution in [3.8, 4) is 0 Å². The molecule has 0 aliphatic heterocycles. The highest BCUT2D eigenvalue weighted by Gasteiger charge is 2.24. The van der Waals surface area contributed by atoms with Crippen molar-refractivity contribution < 1.29 is 8.42 Å². The zero-order chi connectivity index (χ0) is 16.7. The lowest BCUT2D eigenvalue weighted by Gasteiger charge is -2.04. The number of hydrogen-bond donors (Lipinski definition) is 0. The average Bonchev–Trinajstić information content (AvgIpc) is 3.17. The average molecular weight is 340 g/mol. The fourth-order valence-electron chi connectivity index (χ4n) is 2.89. The summed E-state index contributed by atoms with van der Waals surface area (Å²) in [5, 5.41) is 8.12. The second-order valence-corrected chi connectivity index (χ2v) is 7.75. The minimum atomic E-state index is -3.46. The number of sulfone groups is 1. The summed E-state index contributed by atoms with van der Waals surface area (Å²) < 4.78 is 28.3. The van der Waals surface area contributed by atoms with Crippen LogP contribution in [0.5, 0.6) is 0 Å². The molecule has 0 saturated carbocycles. The van der Waals surface area contributed by atoms with Gasteiger partial charge in [0, 0.05) is 0 Å². The largest absolute Gasteiger partial charge is 0.304 e. The number of benzene rings is 2. The fourth-order valence-corrected chi connectivity index (χ4v) is 3.77. The molecule has 7 heteroatoms. The predicted octanol–water partition coefficient (Wildman–Crippen LogP) is 2.53. The molecule has 0 bridgehead atoms. The van der Waals surface area contributed by atoms with Crippen LogP contribution in [0.1, 0.15) is 12.5 Å². The van der Waals surface area contributed by atoms with Crippen molar-refractivity contribution in [2.24, 2.45) is 0 Å². The second-order valence-electron chi connectivity index (χ2n) is 5.58. The molecule has 6 nitrogen and oxygen atoms in total. The Morgan fingerprint density at radius 2 is 1.58 bits per heavy atom. The van der Waals surface area contributed by atoms with E-state index in [9.17, 15) is 8.42 Å². The zero-order valence-corrected chi connectivity index (χ0v) is 13.9. The van der Waals surface area contributed by atoms with Crippen LogP contribution in [0.15, 0.2) is 59.8 Å². The van der Waals surface area contributed by atoms with Gasteiger partial charge in [0.1, 0.15) is 0 Å². The first kappa shape index (κ1) is 14.9. The van der Waals surface area contributed by atoms with E-state index in [0.29, 0.717) is 12.3 Å². The zero-order valence-electron chi connectivity index (χ0n) is 13.1. The normalized spacial score (nSPS) is 12.2. The van der Waals surface area contributed by atoms with Gasteiger partial charge in [0.25, 0.3) is 5.16 Å². The van der Waals surface area contributed by atoms with Gasteiger partial charge in [0.05, 0.1) is 23.3 Å². The lowest BCUT2D eigenvalue weighted by Crippen LogP contribution is -2.08. The number of nitrogens with zero attached hydrogens (tertiary/aromatic N) is 4. The molecule has 4 rings (SSSR count). The van der Waals surface area contributed by atoms with Gasteiger partial charge in [-0.2, -0.15) is 0 Å². The van der Waals surface area contributed by atoms with E-state index in [2.05, 4.69) is 10.2 Å². The number of hydrogen-bond acceptors (Lipinski definition) is 4. The third-order valence-electron chi connectivity index (χ3n) is 4.11. The van der Waals surface area contributed by atoms with Crippen LogP contribution in [-0.2, 0) is 16.4 Å². The molecule has 0 aliphatic rings. The van der Waals surface area contributed by atoms with E-state index in [0.717, 1.165) is 16.6 Å². The van der Waals surface area contributed by atoms with Gasteiger partial charge in [-0.1, -0.05) is 49.4 Å². The summed E-state index contributed by atoms with van der Waals surface area (Å²) in [5.74, 6) is 0.526. The van der Waals surface area contributed by atoms with Crippen LogP contribution in [0.3, 0.4) is 0 Å². The van der Waals surface area contributed by atoms with E-state index in [1.165, 1.54) is 0 Å². The summed E-state index contributed by atoms with van der Waals surface area (Å²) in [5.41, 5.74) is 2.84. The van der Waals surface area contributed by atoms with Gasteiger partial charge in [-0.25, -0.2) is 12.8 Å². The van der Waals surface area contributed by atoms with Gasteiger partial charge in [0.15, 0.2) is 0 Å². The number of fused-ring (bicyclic) bond motifs is 3. The van der Waals surface area contributed by atoms with Crippen LogP contribution in [-0.4, -0.2) is 33.3 Å². The standard InChI is InChI=1S/C17H16N4O2S/c1-2-24(22,23)17-19-18-16-20(12-13-8-4-3-5-9-13)14-10-6-7-11-15(14)21(16)17/h3-11H,2,12H2,1H3. The van der Waals surface area contributed by atoms with Crippen molar-refractivity contribution in [1.29, 1.82) is 0 Å². The monoisotopic (exact) mass is 340 g/mol. The number of para-hydroxylation sites is 2. The van der Waals surface area contributed by atoms with Crippen molar-refractivity contribution >= 4 is 26.6 Å². The Morgan fingerprint density at radius 3 is 2.29 bits per heavy atom. The number of imidazole rings is 1. The molecule has 2 aromatic carbocycles. The van der Waals surface area contributed by atoms with Gasteiger partial charge in [0.2, 0.25) is 15.6 Å². The molecule has 2 heterocycles. The first-order chi connectivity index (χ1) is 11.6. The molecule has 24 heavy (non-hydrogen) atoms. The van der Waals surface area contributed by atoms with E-state index in [-0.39, 0.29) is 10.9 Å². The summed E-state index contributed by atoms with van der Waals surface area (Å²) >= 11 is 0. The topological polar surface area (TPSA) is 69.3 Å². The maximum Gasteiger partial charge on any atom is 0.255 e. The molecule has 4 aromatic rings. The third kappa shape index (κ3) is 2.20. The maximum absolute atomic E-state index is 12.4. The van der Waals surface area contributed by atoms with Gasteiger partial charge in [-0.15, -0.1) is 10.2 Å². The van der Waals surface area contributed by atoms with E-state index in [1.54, 1.807) is 11.3 Å². The Hall–Kier alpha value is -2.67. The molecule has 0 fully saturated rings. The van der Waals surface area contributed by atoms with Crippen molar-refractivity contribution in [2.75, 3.05) is 5.75 Å². The van der Waals surface area contributed by atoms with Crippen molar-refractivity contribution in [1.82, 2.24) is 19.2 Å². The molecule has 0 amide bonds. The Labute approximate surface area is 139 Å². The molecule has 2 aromatic heterocycles. The molecule has 0 saturated heterocycles. The molecule has 0 spiro atoms. The summed E-state index contributed by atoms with van der Waals surface area (Å²) in [6.45, 7) is 2.21. The highest BCUT2D eigenvalue weighted by molar-refractivity contribution is 7.91. The summed E-state index contributed by atoms with van der Waals surface area (Å²) in [4.78, 5) is 0. The Morgan fingerprint density at radius 1 is 0.917 bits per heavy atom. The highest BCUT2D eigenvalue weighted by Crippen LogP contribution is 2.24. The van der Waals surface area contributed by atoms with E-state index in [1.807, 2.05) is 59.2 Å². The molecule has 0 N–H and O–H groups in total. The van der Waals surface area contributed by atoms with Gasteiger partial charge < -0.3 is 4.57 Å². The van der Waals surface area contributed by atoms with Crippen molar-refractivity contribution in [3.63, 3.8) is 0 Å². The Kier molecular flexibility index (Phi) is 3.38. The predicted molar refractivity (Wildman–Crippen MR) is 91.8 cm³/mol. The maximum atomic E-state index is 12.4. The van der Waals surface area contributed by atoms with Crippen LogP contribution < -0.4 is 0 Å². The molecule has 0 radical (unpaired) electrons. The van der Waals surface area contributed by atoms with E-state index >= 15 is 0 Å². The SMILES string of the molecule is CCS(=O)(=O)c1nnc2n(Cc3ccccc3)c3ccccc3n12. The first-order valence-corrected chi connectivity index (χ1v) is 9.36. The van der Waals surface area contributed by atoms with Crippen LogP contribution >= 0.6 is 0 Å². The summed E-state index contributed by atoms with van der Waals surface area (Å²) in [6, 6.07) is 17.7. The van der Waals surface area contributed by atoms with Gasteiger partial charge in [-0.05, 0) is 17.7 Å². The smallest absolute Gasteiger partial charge is 0.255 e. The summed E-state index contributed by atoms with van der Waals surface area (Å²) in [7, 11) is -3.46. The number of aromatic nitrogens is 4. The molecular weight excluding hydrogens is 324 g/mol. The molecular formula is C17H16N4O2S. The second kappa shape index (κ2) is 5.45. The Balaban J connectivity index is 2.03. The highest BCUT2D eigenvalue weighted by atomic mass is 32.2. The minimum absolute atomic E-state index is 0.00279. The molecule has 0 unspecified atom stereocenters. The fraction of sp³-hybridized carbons (Fsp3) is 0.176. The van der Waals surface area contributed by atoms with Crippen LogP contribution in [0.25, 0.3) is 16.8 Å². The lowest BCUT2D eigenvalue weighted by molar-refractivity contribution is 0.587. The molecule has 0 atom stereocenters. The van der Waals surface area contributed by atoms with Crippen LogP contribution in [0.4, 0.5) is 0 Å². The Bertz CT molecular complexity index is 1130. The van der Waals surface area contributed by atoms with Crippen LogP contribution in [0, 0.1) is 0 Å². The van der Waals surface area contributed by atoms with Crippen LogP contribution in [0.2, 0.25) is 0 Å². The summed E-state index contributed by atoms with van der Waals surface area (Å²) in [6.07, 6.45) is 0. The third-order valence-corrected chi connectivity index (χ3v) is 5.69. The van der Waals surface area contributed by atoms with Gasteiger partial charge in [-0.3, -0.25) is 0 Å². The van der Waals surface area contributed by atoms with Crippen molar-refractivity contribution in [2.45, 2.75) is 18.6 Å². The number of rotatable bonds is 4. The lowest BCUT2D eigenvalue weighted by atomic mass is 10.2. The minimum Gasteiger partial charge on any atom is -0.304 e. The quantitative estimate of drug-likeness (QED) is 0.572. The van der Waals surface area contributed by atoms with E-state index in [4.69, 9.17) is 0 Å².